The average Bonchev–Trinajstić information content (AvgIpc) is 2.82. The first kappa shape index (κ1) is 24.7. The largest absolute Gasteiger partial charge is 0.368 e. The second kappa shape index (κ2) is 10.4. The molecule has 0 N–H and O–H groups in total. The first-order chi connectivity index (χ1) is 16.2. The number of carbonyl (C=O) groups is 1. The Balaban J connectivity index is 1.54. The Labute approximate surface area is 214 Å². The second-order valence-corrected chi connectivity index (χ2v) is 11.0. The number of nitrogens with zero attached hydrogens (tertiary/aromatic N) is 3. The minimum Gasteiger partial charge on any atom is -0.368 e. The molecule has 0 atom stereocenters. The van der Waals surface area contributed by atoms with Gasteiger partial charge in [0.1, 0.15) is 6.54 Å². The van der Waals surface area contributed by atoms with E-state index in [4.69, 9.17) is 34.8 Å². The van der Waals surface area contributed by atoms with Crippen molar-refractivity contribution in [1.82, 2.24) is 4.90 Å². The summed E-state index contributed by atoms with van der Waals surface area (Å²) in [7, 11) is -4.04. The highest BCUT2D eigenvalue weighted by Gasteiger charge is 2.30. The van der Waals surface area contributed by atoms with Crippen molar-refractivity contribution in [3.63, 3.8) is 0 Å². The Morgan fingerprint density at radius 1 is 0.794 bits per heavy atom. The molecule has 1 amide bonds. The fraction of sp³-hybridized carbons (Fsp3) is 0.208. The summed E-state index contributed by atoms with van der Waals surface area (Å²) in [6.45, 7) is 1.83. The van der Waals surface area contributed by atoms with Gasteiger partial charge in [0.05, 0.1) is 10.6 Å². The van der Waals surface area contributed by atoms with E-state index >= 15 is 0 Å². The maximum atomic E-state index is 13.5. The number of piperazine rings is 1. The molecule has 0 bridgehead atoms. The number of rotatable bonds is 6. The van der Waals surface area contributed by atoms with Crippen LogP contribution in [0.3, 0.4) is 0 Å². The molecule has 0 spiro atoms. The third-order valence-corrected chi connectivity index (χ3v) is 8.09. The standard InChI is InChI=1S/C24H22Cl3N3O3S/c25-18-7-9-23(10-8-18)34(32,33)30(22-6-2-4-20(27)16-22)17-24(31)29-13-11-28(12-14-29)21-5-1-3-19(26)15-21/h1-10,15-16H,11-14,17H2. The van der Waals surface area contributed by atoms with Crippen LogP contribution >= 0.6 is 34.8 Å². The van der Waals surface area contributed by atoms with Gasteiger partial charge in [-0.25, -0.2) is 8.42 Å². The van der Waals surface area contributed by atoms with E-state index < -0.39 is 10.0 Å². The summed E-state index contributed by atoms with van der Waals surface area (Å²) in [6, 6.07) is 19.8. The number of hydrogen-bond donors (Lipinski definition) is 0. The fourth-order valence-electron chi connectivity index (χ4n) is 3.79. The molecule has 0 aliphatic carbocycles. The average molecular weight is 539 g/mol. The van der Waals surface area contributed by atoms with Gasteiger partial charge >= 0.3 is 0 Å². The van der Waals surface area contributed by atoms with Crippen LogP contribution in [0.2, 0.25) is 15.1 Å². The molecular formula is C24H22Cl3N3O3S. The number of hydrogen-bond acceptors (Lipinski definition) is 4. The first-order valence-electron chi connectivity index (χ1n) is 10.6. The molecule has 0 aromatic heterocycles. The van der Waals surface area contributed by atoms with Crippen molar-refractivity contribution in [3.8, 4) is 0 Å². The van der Waals surface area contributed by atoms with Crippen LogP contribution in [0.1, 0.15) is 0 Å². The molecule has 0 unspecified atom stereocenters. The number of sulfonamides is 1. The zero-order valence-corrected chi connectivity index (χ0v) is 21.2. The maximum Gasteiger partial charge on any atom is 0.264 e. The number of amides is 1. The van der Waals surface area contributed by atoms with Crippen LogP contribution in [0, 0.1) is 0 Å². The minimum absolute atomic E-state index is 0.0375. The van der Waals surface area contributed by atoms with E-state index in [0.29, 0.717) is 46.9 Å². The summed E-state index contributed by atoms with van der Waals surface area (Å²) < 4.78 is 28.1. The number of benzene rings is 3. The molecule has 0 radical (unpaired) electrons. The van der Waals surface area contributed by atoms with Crippen LogP contribution in [0.5, 0.6) is 0 Å². The van der Waals surface area contributed by atoms with Crippen molar-refractivity contribution in [2.45, 2.75) is 4.90 Å². The maximum absolute atomic E-state index is 13.5. The van der Waals surface area contributed by atoms with E-state index in [2.05, 4.69) is 4.90 Å². The van der Waals surface area contributed by atoms with Crippen molar-refractivity contribution in [2.24, 2.45) is 0 Å². The lowest BCUT2D eigenvalue weighted by Gasteiger charge is -2.37. The van der Waals surface area contributed by atoms with Gasteiger partial charge in [0.2, 0.25) is 5.91 Å². The normalized spacial score (nSPS) is 14.2. The second-order valence-electron chi connectivity index (χ2n) is 7.79. The zero-order chi connectivity index (χ0) is 24.3. The molecule has 178 valence electrons. The Morgan fingerprint density at radius 3 is 2.03 bits per heavy atom. The summed E-state index contributed by atoms with van der Waals surface area (Å²) in [4.78, 5) is 17.1. The Kier molecular flexibility index (Phi) is 7.57. The Hall–Kier alpha value is -2.45. The molecule has 4 rings (SSSR count). The van der Waals surface area contributed by atoms with Gasteiger partial charge in [-0.3, -0.25) is 9.10 Å². The third-order valence-electron chi connectivity index (χ3n) is 5.58. The van der Waals surface area contributed by atoms with Gasteiger partial charge in [0, 0.05) is 46.9 Å². The Bertz CT molecular complexity index is 1280. The monoisotopic (exact) mass is 537 g/mol. The lowest BCUT2D eigenvalue weighted by atomic mass is 10.2. The van der Waals surface area contributed by atoms with Crippen molar-refractivity contribution >= 4 is 62.1 Å². The van der Waals surface area contributed by atoms with E-state index in [1.807, 2.05) is 24.3 Å². The smallest absolute Gasteiger partial charge is 0.264 e. The molecule has 3 aromatic rings. The molecule has 34 heavy (non-hydrogen) atoms. The highest BCUT2D eigenvalue weighted by atomic mass is 35.5. The van der Waals surface area contributed by atoms with Gasteiger partial charge in [0.15, 0.2) is 0 Å². The number of carbonyl (C=O) groups excluding carboxylic acids is 1. The zero-order valence-electron chi connectivity index (χ0n) is 18.1. The highest BCUT2D eigenvalue weighted by Crippen LogP contribution is 2.27. The molecule has 6 nitrogen and oxygen atoms in total. The van der Waals surface area contributed by atoms with Crippen LogP contribution in [0.25, 0.3) is 0 Å². The van der Waals surface area contributed by atoms with E-state index in [1.54, 1.807) is 23.1 Å². The Morgan fingerprint density at radius 2 is 1.41 bits per heavy atom. The van der Waals surface area contributed by atoms with E-state index in [-0.39, 0.29) is 17.3 Å². The van der Waals surface area contributed by atoms with Gasteiger partial charge in [-0.2, -0.15) is 0 Å². The first-order valence-corrected chi connectivity index (χ1v) is 13.1. The molecule has 0 saturated carbocycles. The lowest BCUT2D eigenvalue weighted by Crippen LogP contribution is -2.52. The lowest BCUT2D eigenvalue weighted by molar-refractivity contribution is -0.129. The van der Waals surface area contributed by atoms with Crippen LogP contribution < -0.4 is 9.21 Å². The fourth-order valence-corrected chi connectivity index (χ4v) is 5.69. The number of halogens is 3. The number of anilines is 2. The van der Waals surface area contributed by atoms with Gasteiger partial charge in [-0.05, 0) is 60.7 Å². The molecular weight excluding hydrogens is 517 g/mol. The molecule has 3 aromatic carbocycles. The van der Waals surface area contributed by atoms with Crippen molar-refractivity contribution in [3.05, 3.63) is 87.9 Å². The quantitative estimate of drug-likeness (QED) is 0.433. The molecule has 1 aliphatic heterocycles. The summed E-state index contributed by atoms with van der Waals surface area (Å²) in [6.07, 6.45) is 0. The topological polar surface area (TPSA) is 60.9 Å². The van der Waals surface area contributed by atoms with Gasteiger partial charge in [0.25, 0.3) is 10.0 Å². The minimum atomic E-state index is -4.04. The SMILES string of the molecule is O=C(CN(c1cccc(Cl)c1)S(=O)(=O)c1ccc(Cl)cc1)N1CCN(c2cccc(Cl)c2)CC1. The van der Waals surface area contributed by atoms with Crippen LogP contribution in [-0.4, -0.2) is 51.9 Å². The van der Waals surface area contributed by atoms with Gasteiger partial charge < -0.3 is 9.80 Å². The highest BCUT2D eigenvalue weighted by molar-refractivity contribution is 7.92. The molecule has 1 aliphatic rings. The van der Waals surface area contributed by atoms with Crippen molar-refractivity contribution < 1.29 is 13.2 Å². The van der Waals surface area contributed by atoms with E-state index in [0.717, 1.165) is 9.99 Å². The van der Waals surface area contributed by atoms with Crippen molar-refractivity contribution in [2.75, 3.05) is 41.9 Å². The molecule has 1 saturated heterocycles. The molecule has 1 fully saturated rings. The van der Waals surface area contributed by atoms with E-state index in [1.165, 1.54) is 30.3 Å². The van der Waals surface area contributed by atoms with E-state index in [9.17, 15) is 13.2 Å². The summed E-state index contributed by atoms with van der Waals surface area (Å²) in [5.41, 5.74) is 1.30. The third kappa shape index (κ3) is 5.61. The summed E-state index contributed by atoms with van der Waals surface area (Å²) >= 11 is 18.2. The predicted octanol–water partition coefficient (Wildman–Crippen LogP) is 5.19. The van der Waals surface area contributed by atoms with Crippen LogP contribution in [0.15, 0.2) is 77.7 Å². The summed E-state index contributed by atoms with van der Waals surface area (Å²) in [5.74, 6) is -0.289. The van der Waals surface area contributed by atoms with Crippen LogP contribution in [-0.2, 0) is 14.8 Å². The molecule has 1 heterocycles. The summed E-state index contributed by atoms with van der Waals surface area (Å²) in [5, 5.41) is 1.44. The predicted molar refractivity (Wildman–Crippen MR) is 138 cm³/mol. The molecule has 10 heteroatoms. The van der Waals surface area contributed by atoms with Crippen LogP contribution in [0.4, 0.5) is 11.4 Å². The van der Waals surface area contributed by atoms with Crippen molar-refractivity contribution in [1.29, 1.82) is 0 Å². The van der Waals surface area contributed by atoms with Gasteiger partial charge in [-0.1, -0.05) is 46.9 Å². The van der Waals surface area contributed by atoms with Gasteiger partial charge in [-0.15, -0.1) is 0 Å².